The number of nitro benzene ring substituents is 1. The molecule has 7 heteroatoms. The number of halogens is 1. The highest BCUT2D eigenvalue weighted by molar-refractivity contribution is 9.08. The van der Waals surface area contributed by atoms with Crippen molar-refractivity contribution >= 4 is 27.6 Å². The van der Waals surface area contributed by atoms with Crippen molar-refractivity contribution in [2.75, 3.05) is 14.2 Å². The number of ether oxygens (including phenoxy) is 2. The van der Waals surface area contributed by atoms with E-state index in [1.807, 2.05) is 0 Å². The van der Waals surface area contributed by atoms with E-state index in [9.17, 15) is 14.9 Å². The number of carbonyl (C=O) groups excluding carboxylic acids is 1. The number of rotatable bonds is 4. The second-order valence-electron chi connectivity index (χ2n) is 3.06. The molecule has 0 aliphatic carbocycles. The number of benzene rings is 1. The van der Waals surface area contributed by atoms with E-state index in [0.717, 1.165) is 0 Å². The van der Waals surface area contributed by atoms with Crippen LogP contribution in [0, 0.1) is 10.1 Å². The number of methoxy groups -OCH3 is 2. The molecule has 0 atom stereocenters. The van der Waals surface area contributed by atoms with Gasteiger partial charge in [-0.1, -0.05) is 15.9 Å². The zero-order valence-corrected chi connectivity index (χ0v) is 10.8. The first-order chi connectivity index (χ1) is 8.04. The highest BCUT2D eigenvalue weighted by atomic mass is 79.9. The minimum atomic E-state index is -0.598. The molecule has 0 radical (unpaired) electrons. The molecule has 0 saturated carbocycles. The second-order valence-corrected chi connectivity index (χ2v) is 3.62. The Kier molecular flexibility index (Phi) is 4.45. The first-order valence-corrected chi connectivity index (χ1v) is 5.66. The van der Waals surface area contributed by atoms with Crippen LogP contribution in [0.15, 0.2) is 12.1 Å². The molecule has 1 aromatic carbocycles. The van der Waals surface area contributed by atoms with Crippen LogP contribution in [-0.2, 0) is 10.1 Å². The Balaban J connectivity index is 3.43. The zero-order chi connectivity index (χ0) is 13.0. The van der Waals surface area contributed by atoms with Gasteiger partial charge < -0.3 is 9.47 Å². The van der Waals surface area contributed by atoms with Gasteiger partial charge in [0, 0.05) is 10.9 Å². The molecule has 0 spiro atoms. The maximum Gasteiger partial charge on any atom is 0.341 e. The van der Waals surface area contributed by atoms with E-state index in [1.54, 1.807) is 0 Å². The molecule has 0 fully saturated rings. The lowest BCUT2D eigenvalue weighted by atomic mass is 10.1. The molecule has 0 N–H and O–H groups in total. The van der Waals surface area contributed by atoms with Gasteiger partial charge >= 0.3 is 5.97 Å². The third kappa shape index (κ3) is 2.73. The van der Waals surface area contributed by atoms with Crippen LogP contribution >= 0.6 is 15.9 Å². The summed E-state index contributed by atoms with van der Waals surface area (Å²) in [6, 6.07) is 2.60. The lowest BCUT2D eigenvalue weighted by Crippen LogP contribution is -2.06. The number of carbonyl (C=O) groups is 1. The number of nitrogens with zero attached hydrogens (tertiary/aromatic N) is 1. The number of hydrogen-bond acceptors (Lipinski definition) is 5. The predicted molar refractivity (Wildman–Crippen MR) is 63.6 cm³/mol. The summed E-state index contributed by atoms with van der Waals surface area (Å²) in [5, 5.41) is 11.1. The monoisotopic (exact) mass is 303 g/mol. The molecule has 0 aliphatic rings. The number of alkyl halides is 1. The maximum atomic E-state index is 11.5. The largest absolute Gasteiger partial charge is 0.496 e. The van der Waals surface area contributed by atoms with Crippen molar-refractivity contribution in [1.29, 1.82) is 0 Å². The molecule has 17 heavy (non-hydrogen) atoms. The first kappa shape index (κ1) is 13.4. The summed E-state index contributed by atoms with van der Waals surface area (Å²) >= 11 is 3.13. The molecular weight excluding hydrogens is 294 g/mol. The van der Waals surface area contributed by atoms with Gasteiger partial charge in [0.05, 0.1) is 25.2 Å². The van der Waals surface area contributed by atoms with E-state index >= 15 is 0 Å². The summed E-state index contributed by atoms with van der Waals surface area (Å²) < 4.78 is 9.51. The van der Waals surface area contributed by atoms with E-state index < -0.39 is 10.9 Å². The molecule has 0 heterocycles. The van der Waals surface area contributed by atoms with Crippen LogP contribution in [0.3, 0.4) is 0 Å². The van der Waals surface area contributed by atoms with Crippen LogP contribution in [0.25, 0.3) is 0 Å². The van der Waals surface area contributed by atoms with E-state index in [2.05, 4.69) is 20.7 Å². The van der Waals surface area contributed by atoms with Crippen molar-refractivity contribution < 1.29 is 19.2 Å². The van der Waals surface area contributed by atoms with E-state index in [-0.39, 0.29) is 22.3 Å². The number of hydrogen-bond donors (Lipinski definition) is 0. The fourth-order valence-electron chi connectivity index (χ4n) is 1.33. The smallest absolute Gasteiger partial charge is 0.341 e. The van der Waals surface area contributed by atoms with Crippen molar-refractivity contribution in [2.45, 2.75) is 5.33 Å². The van der Waals surface area contributed by atoms with Crippen molar-refractivity contribution in [2.24, 2.45) is 0 Å². The zero-order valence-electron chi connectivity index (χ0n) is 9.23. The molecule has 0 unspecified atom stereocenters. The summed E-state index contributed by atoms with van der Waals surface area (Å²) in [5.41, 5.74) is 0.442. The minimum absolute atomic E-state index is 0.105. The lowest BCUT2D eigenvalue weighted by molar-refractivity contribution is -0.385. The van der Waals surface area contributed by atoms with Crippen LogP contribution in [0.5, 0.6) is 5.75 Å². The number of nitro groups is 1. The molecule has 1 aromatic rings. The minimum Gasteiger partial charge on any atom is -0.496 e. The topological polar surface area (TPSA) is 78.7 Å². The third-order valence-electron chi connectivity index (χ3n) is 2.15. The second kappa shape index (κ2) is 5.62. The summed E-state index contributed by atoms with van der Waals surface area (Å²) in [6.07, 6.45) is 0. The standard InChI is InChI=1S/C10H10BrNO5/c1-16-9-4-8(12(14)15)6(5-11)3-7(9)10(13)17-2/h3-4H,5H2,1-2H3. The maximum absolute atomic E-state index is 11.5. The predicted octanol–water partition coefficient (Wildman–Crippen LogP) is 2.28. The van der Waals surface area contributed by atoms with Crippen molar-refractivity contribution in [1.82, 2.24) is 0 Å². The van der Waals surface area contributed by atoms with Gasteiger partial charge in [-0.25, -0.2) is 4.79 Å². The molecule has 0 bridgehead atoms. The normalized spacial score (nSPS) is 9.82. The van der Waals surface area contributed by atoms with Gasteiger partial charge in [-0.3, -0.25) is 10.1 Å². The fourth-order valence-corrected chi connectivity index (χ4v) is 1.78. The van der Waals surface area contributed by atoms with Gasteiger partial charge in [-0.15, -0.1) is 0 Å². The summed E-state index contributed by atoms with van der Waals surface area (Å²) in [6.45, 7) is 0. The van der Waals surface area contributed by atoms with E-state index in [1.165, 1.54) is 26.4 Å². The van der Waals surface area contributed by atoms with Gasteiger partial charge in [0.15, 0.2) is 0 Å². The quantitative estimate of drug-likeness (QED) is 0.369. The Morgan fingerprint density at radius 3 is 2.53 bits per heavy atom. The Labute approximate surface area is 106 Å². The summed E-state index contributed by atoms with van der Waals surface area (Å²) in [5.74, 6) is -0.479. The molecule has 92 valence electrons. The molecule has 0 amide bonds. The van der Waals surface area contributed by atoms with Crippen molar-refractivity contribution in [3.05, 3.63) is 33.4 Å². The van der Waals surface area contributed by atoms with Gasteiger partial charge in [-0.2, -0.15) is 0 Å². The van der Waals surface area contributed by atoms with Crippen molar-refractivity contribution in [3.8, 4) is 5.75 Å². The SMILES string of the molecule is COC(=O)c1cc(CBr)c([N+](=O)[O-])cc1OC. The highest BCUT2D eigenvalue weighted by Crippen LogP contribution is 2.30. The van der Waals surface area contributed by atoms with Crippen LogP contribution < -0.4 is 4.74 Å². The number of esters is 1. The van der Waals surface area contributed by atoms with Gasteiger partial charge in [0.25, 0.3) is 5.69 Å². The van der Waals surface area contributed by atoms with Gasteiger partial charge in [-0.05, 0) is 6.07 Å². The average Bonchev–Trinajstić information content (AvgIpc) is 2.35. The Morgan fingerprint density at radius 1 is 1.47 bits per heavy atom. The molecule has 0 aromatic heterocycles. The first-order valence-electron chi connectivity index (χ1n) is 4.54. The van der Waals surface area contributed by atoms with Crippen LogP contribution in [0.1, 0.15) is 15.9 Å². The van der Waals surface area contributed by atoms with Crippen LogP contribution in [-0.4, -0.2) is 25.1 Å². The summed E-state index contributed by atoms with van der Waals surface area (Å²) in [4.78, 5) is 21.7. The highest BCUT2D eigenvalue weighted by Gasteiger charge is 2.21. The Bertz CT molecular complexity index is 460. The van der Waals surface area contributed by atoms with Crippen LogP contribution in [0.4, 0.5) is 5.69 Å². The van der Waals surface area contributed by atoms with Gasteiger partial charge in [0.1, 0.15) is 11.3 Å². The molecule has 6 nitrogen and oxygen atoms in total. The molecular formula is C10H10BrNO5. The summed E-state index contributed by atoms with van der Waals surface area (Å²) in [7, 11) is 2.57. The molecule has 0 saturated heterocycles. The van der Waals surface area contributed by atoms with E-state index in [0.29, 0.717) is 5.56 Å². The third-order valence-corrected chi connectivity index (χ3v) is 2.75. The van der Waals surface area contributed by atoms with Crippen molar-refractivity contribution in [3.63, 3.8) is 0 Å². The van der Waals surface area contributed by atoms with Crippen LogP contribution in [0.2, 0.25) is 0 Å². The molecule has 1 rings (SSSR count). The Hall–Kier alpha value is -1.63. The molecule has 0 aliphatic heterocycles. The van der Waals surface area contributed by atoms with Gasteiger partial charge in [0.2, 0.25) is 0 Å². The average molecular weight is 304 g/mol. The lowest BCUT2D eigenvalue weighted by Gasteiger charge is -2.08. The Morgan fingerprint density at radius 2 is 2.12 bits per heavy atom. The fraction of sp³-hybridized carbons (Fsp3) is 0.300. The van der Waals surface area contributed by atoms with E-state index in [4.69, 9.17) is 4.74 Å².